The van der Waals surface area contributed by atoms with Gasteiger partial charge in [0.15, 0.2) is 0 Å². The van der Waals surface area contributed by atoms with Crippen molar-refractivity contribution in [1.29, 1.82) is 0 Å². The molecule has 4 rings (SSSR count). The molecule has 2 aliphatic heterocycles. The Bertz CT molecular complexity index is 825. The molecule has 2 aliphatic rings. The molecule has 1 aromatic heterocycles. The molecule has 0 spiro atoms. The predicted octanol–water partition coefficient (Wildman–Crippen LogP) is 4.04. The first-order valence-corrected chi connectivity index (χ1v) is 9.40. The maximum absolute atomic E-state index is 12.7. The molecule has 1 saturated heterocycles. The Morgan fingerprint density at radius 1 is 1.23 bits per heavy atom. The lowest BCUT2D eigenvalue weighted by atomic mass is 9.91. The summed E-state index contributed by atoms with van der Waals surface area (Å²) in [6.07, 6.45) is 4.30. The second kappa shape index (κ2) is 7.60. The summed E-state index contributed by atoms with van der Waals surface area (Å²) in [5, 5.41) is 0. The van der Waals surface area contributed by atoms with E-state index in [1.54, 1.807) is 6.20 Å². The van der Waals surface area contributed by atoms with Gasteiger partial charge >= 0.3 is 6.09 Å². The van der Waals surface area contributed by atoms with E-state index in [2.05, 4.69) is 27.0 Å². The fraction of sp³-hybridized carbons (Fsp3) is 0.300. The normalized spacial score (nSPS) is 21.9. The number of carbonyl (C=O) groups is 1. The van der Waals surface area contributed by atoms with Crippen LogP contribution in [-0.2, 0) is 16.1 Å². The van der Waals surface area contributed by atoms with Crippen molar-refractivity contribution >= 4 is 27.6 Å². The molecule has 5 nitrogen and oxygen atoms in total. The summed E-state index contributed by atoms with van der Waals surface area (Å²) in [5.41, 5.74) is 3.24. The zero-order valence-electron chi connectivity index (χ0n) is 14.2. The van der Waals surface area contributed by atoms with Crippen molar-refractivity contribution in [3.05, 3.63) is 70.5 Å². The Hall–Kier alpha value is -2.18. The first kappa shape index (κ1) is 17.2. The van der Waals surface area contributed by atoms with Gasteiger partial charge in [-0.25, -0.2) is 9.78 Å². The van der Waals surface area contributed by atoms with Crippen molar-refractivity contribution < 1.29 is 14.3 Å². The zero-order valence-corrected chi connectivity index (χ0v) is 15.8. The molecule has 0 N–H and O–H groups in total. The Balaban J connectivity index is 1.51. The van der Waals surface area contributed by atoms with Crippen LogP contribution in [0.15, 0.2) is 59.3 Å². The number of aromatic nitrogens is 1. The molecule has 0 saturated carbocycles. The van der Waals surface area contributed by atoms with Crippen molar-refractivity contribution in [3.63, 3.8) is 0 Å². The van der Waals surface area contributed by atoms with E-state index in [9.17, 15) is 4.79 Å². The molecule has 3 heterocycles. The van der Waals surface area contributed by atoms with E-state index in [0.717, 1.165) is 22.2 Å². The van der Waals surface area contributed by atoms with E-state index < -0.39 is 0 Å². The van der Waals surface area contributed by atoms with E-state index in [-0.39, 0.29) is 24.8 Å². The molecular formula is C20H19BrN2O3. The fourth-order valence-corrected chi connectivity index (χ4v) is 4.00. The van der Waals surface area contributed by atoms with Crippen LogP contribution in [0.5, 0.6) is 0 Å². The zero-order chi connectivity index (χ0) is 17.9. The van der Waals surface area contributed by atoms with E-state index in [4.69, 9.17) is 9.47 Å². The first-order chi connectivity index (χ1) is 12.7. The Morgan fingerprint density at radius 2 is 2.08 bits per heavy atom. The molecule has 2 atom stereocenters. The second-order valence-electron chi connectivity index (χ2n) is 6.44. The quantitative estimate of drug-likeness (QED) is 0.711. The van der Waals surface area contributed by atoms with Crippen molar-refractivity contribution in [3.8, 4) is 0 Å². The minimum Gasteiger partial charge on any atom is -0.445 e. The van der Waals surface area contributed by atoms with Crippen molar-refractivity contribution in [2.45, 2.75) is 25.1 Å². The number of halogens is 1. The van der Waals surface area contributed by atoms with Crippen LogP contribution in [0.4, 0.5) is 4.79 Å². The van der Waals surface area contributed by atoms with Gasteiger partial charge in [0.1, 0.15) is 11.2 Å². The number of nitrogens with zero attached hydrogens (tertiary/aromatic N) is 2. The summed E-state index contributed by atoms with van der Waals surface area (Å²) in [5.74, 6) is 0. The molecular weight excluding hydrogens is 396 g/mol. The summed E-state index contributed by atoms with van der Waals surface area (Å²) < 4.78 is 12.0. The Morgan fingerprint density at radius 3 is 2.85 bits per heavy atom. The average Bonchev–Trinajstić information content (AvgIpc) is 2.66. The molecule has 1 aromatic carbocycles. The Kier molecular flexibility index (Phi) is 5.04. The summed E-state index contributed by atoms with van der Waals surface area (Å²) in [4.78, 5) is 18.8. The first-order valence-electron chi connectivity index (χ1n) is 8.60. The molecule has 134 valence electrons. The van der Waals surface area contributed by atoms with Crippen LogP contribution in [0.1, 0.15) is 17.5 Å². The SMILES string of the molecule is O=C(OCc1ccccc1)N1C2C=C(c3cccnc3Br)CC1COC2. The Labute approximate surface area is 160 Å². The maximum Gasteiger partial charge on any atom is 0.411 e. The van der Waals surface area contributed by atoms with Gasteiger partial charge in [-0.1, -0.05) is 42.5 Å². The number of ether oxygens (including phenoxy) is 2. The highest BCUT2D eigenvalue weighted by Gasteiger charge is 2.39. The number of fused-ring (bicyclic) bond motifs is 2. The number of benzene rings is 1. The summed E-state index contributed by atoms with van der Waals surface area (Å²) >= 11 is 3.52. The monoisotopic (exact) mass is 414 g/mol. The molecule has 2 bridgehead atoms. The van der Waals surface area contributed by atoms with Gasteiger partial charge in [0.25, 0.3) is 0 Å². The van der Waals surface area contributed by atoms with Gasteiger partial charge in [-0.2, -0.15) is 0 Å². The van der Waals surface area contributed by atoms with Gasteiger partial charge < -0.3 is 9.47 Å². The maximum atomic E-state index is 12.7. The van der Waals surface area contributed by atoms with Crippen molar-refractivity contribution in [2.75, 3.05) is 13.2 Å². The highest BCUT2D eigenvalue weighted by molar-refractivity contribution is 9.10. The third kappa shape index (κ3) is 3.52. The molecule has 1 amide bonds. The minimum atomic E-state index is -0.285. The number of hydrogen-bond donors (Lipinski definition) is 0. The van der Waals surface area contributed by atoms with Crippen LogP contribution in [0.3, 0.4) is 0 Å². The van der Waals surface area contributed by atoms with Gasteiger partial charge in [0.05, 0.1) is 25.3 Å². The summed E-state index contributed by atoms with van der Waals surface area (Å²) in [7, 11) is 0. The lowest BCUT2D eigenvalue weighted by Gasteiger charge is -2.43. The molecule has 0 radical (unpaired) electrons. The lowest BCUT2D eigenvalue weighted by molar-refractivity contribution is -0.0342. The number of rotatable bonds is 3. The number of pyridine rings is 1. The summed E-state index contributed by atoms with van der Waals surface area (Å²) in [6.45, 7) is 1.28. The van der Waals surface area contributed by atoms with Gasteiger partial charge in [-0.05, 0) is 39.6 Å². The predicted molar refractivity (Wildman–Crippen MR) is 101 cm³/mol. The van der Waals surface area contributed by atoms with Crippen molar-refractivity contribution in [2.24, 2.45) is 0 Å². The largest absolute Gasteiger partial charge is 0.445 e. The third-order valence-corrected chi connectivity index (χ3v) is 5.35. The lowest BCUT2D eigenvalue weighted by Crippen LogP contribution is -2.56. The van der Waals surface area contributed by atoms with E-state index in [0.29, 0.717) is 13.2 Å². The highest BCUT2D eigenvalue weighted by atomic mass is 79.9. The molecule has 1 fully saturated rings. The number of morpholine rings is 1. The molecule has 2 unspecified atom stereocenters. The van der Waals surface area contributed by atoms with Gasteiger partial charge in [0.2, 0.25) is 0 Å². The number of hydrogen-bond acceptors (Lipinski definition) is 4. The third-order valence-electron chi connectivity index (χ3n) is 4.72. The smallest absolute Gasteiger partial charge is 0.411 e. The second-order valence-corrected chi connectivity index (χ2v) is 7.20. The number of carbonyl (C=O) groups excluding carboxylic acids is 1. The van der Waals surface area contributed by atoms with E-state index in [1.807, 2.05) is 47.4 Å². The fourth-order valence-electron chi connectivity index (χ4n) is 3.50. The topological polar surface area (TPSA) is 51.7 Å². The van der Waals surface area contributed by atoms with E-state index in [1.165, 1.54) is 5.57 Å². The van der Waals surface area contributed by atoms with Crippen LogP contribution in [0.2, 0.25) is 0 Å². The molecule has 6 heteroatoms. The number of amides is 1. The molecule has 26 heavy (non-hydrogen) atoms. The standard InChI is InChI=1S/C20H19BrN2O3/c21-19-18(7-4-8-22-19)15-9-16-12-25-13-17(10-15)23(16)20(24)26-11-14-5-2-1-3-6-14/h1-9,16-17H,10-13H2. The minimum absolute atomic E-state index is 0.0240. The molecule has 0 aliphatic carbocycles. The average molecular weight is 415 g/mol. The van der Waals surface area contributed by atoms with Crippen LogP contribution < -0.4 is 0 Å². The van der Waals surface area contributed by atoms with Crippen LogP contribution in [0.25, 0.3) is 5.57 Å². The van der Waals surface area contributed by atoms with Crippen LogP contribution in [-0.4, -0.2) is 41.3 Å². The van der Waals surface area contributed by atoms with Crippen molar-refractivity contribution in [1.82, 2.24) is 9.88 Å². The van der Waals surface area contributed by atoms with E-state index >= 15 is 0 Å². The van der Waals surface area contributed by atoms with Gasteiger partial charge in [-0.15, -0.1) is 0 Å². The summed E-state index contributed by atoms with van der Waals surface area (Å²) in [6, 6.07) is 13.5. The van der Waals surface area contributed by atoms with Crippen LogP contribution >= 0.6 is 15.9 Å². The molecule has 2 aromatic rings. The highest BCUT2D eigenvalue weighted by Crippen LogP contribution is 2.35. The van der Waals surface area contributed by atoms with Gasteiger partial charge in [0, 0.05) is 11.8 Å². The van der Waals surface area contributed by atoms with Gasteiger partial charge in [-0.3, -0.25) is 4.90 Å². The van der Waals surface area contributed by atoms with Crippen LogP contribution in [0, 0.1) is 0 Å².